The summed E-state index contributed by atoms with van der Waals surface area (Å²) in [5.74, 6) is -1.66. The average Bonchev–Trinajstić information content (AvgIpc) is 3.48. The monoisotopic (exact) mass is 642 g/mol. The highest BCUT2D eigenvalue weighted by atomic mass is 16.7. The van der Waals surface area contributed by atoms with Crippen LogP contribution in [0.25, 0.3) is 0 Å². The smallest absolute Gasteiger partial charge is 0.337 e. The molecule has 4 atom stereocenters. The van der Waals surface area contributed by atoms with E-state index in [1.165, 1.54) is 21.3 Å². The van der Waals surface area contributed by atoms with Gasteiger partial charge in [-0.3, -0.25) is 10.2 Å². The summed E-state index contributed by atoms with van der Waals surface area (Å²) < 4.78 is 27.9. The second-order valence-electron chi connectivity index (χ2n) is 12.8. The van der Waals surface area contributed by atoms with Crippen LogP contribution >= 0.6 is 0 Å². The van der Waals surface area contributed by atoms with E-state index < -0.39 is 53.4 Å². The van der Waals surface area contributed by atoms with Gasteiger partial charge in [0, 0.05) is 30.7 Å². The van der Waals surface area contributed by atoms with Crippen LogP contribution < -0.4 is 39.9 Å². The number of urea groups is 1. The number of ether oxygens (including phenoxy) is 5. The van der Waals surface area contributed by atoms with Gasteiger partial charge in [0.25, 0.3) is 0 Å². The Bertz CT molecular complexity index is 1520. The highest BCUT2D eigenvalue weighted by Crippen LogP contribution is 2.53. The van der Waals surface area contributed by atoms with Crippen molar-refractivity contribution in [1.29, 1.82) is 0 Å². The molecule has 2 aromatic carbocycles. The van der Waals surface area contributed by atoms with Gasteiger partial charge in [-0.15, -0.1) is 0 Å². The van der Waals surface area contributed by atoms with Crippen LogP contribution in [0.2, 0.25) is 0 Å². The van der Waals surface area contributed by atoms with Crippen LogP contribution in [-0.2, 0) is 4.79 Å². The molecular formula is C32H42N4O10. The van der Waals surface area contributed by atoms with Crippen molar-refractivity contribution >= 4 is 11.9 Å². The van der Waals surface area contributed by atoms with Crippen molar-refractivity contribution in [3.63, 3.8) is 0 Å². The van der Waals surface area contributed by atoms with Gasteiger partial charge in [-0.2, -0.15) is 5.06 Å². The molecule has 3 aliphatic rings. The third-order valence-corrected chi connectivity index (χ3v) is 8.96. The summed E-state index contributed by atoms with van der Waals surface area (Å²) in [6.07, 6.45) is 0.602. The Morgan fingerprint density at radius 3 is 2.13 bits per heavy atom. The Balaban J connectivity index is 1.52. The molecule has 0 spiro atoms. The normalized spacial score (nSPS) is 24.3. The van der Waals surface area contributed by atoms with Crippen molar-refractivity contribution in [2.24, 2.45) is 17.3 Å². The second-order valence-corrected chi connectivity index (χ2v) is 12.8. The molecule has 2 aliphatic heterocycles. The molecule has 2 heterocycles. The molecule has 0 radical (unpaired) electrons. The lowest BCUT2D eigenvalue weighted by atomic mass is 9.65. The summed E-state index contributed by atoms with van der Waals surface area (Å²) in [5.41, 5.74) is 5.56. The number of hydrazine groups is 1. The van der Waals surface area contributed by atoms with E-state index in [0.717, 1.165) is 5.06 Å². The maximum Gasteiger partial charge on any atom is 0.337 e. The van der Waals surface area contributed by atoms with E-state index in [2.05, 4.69) is 16.2 Å². The van der Waals surface area contributed by atoms with Crippen molar-refractivity contribution in [1.82, 2.24) is 21.2 Å². The molecule has 0 bridgehead atoms. The average molecular weight is 643 g/mol. The maximum atomic E-state index is 14.1. The molecule has 1 unspecified atom stereocenters. The first-order valence-corrected chi connectivity index (χ1v) is 14.8. The predicted octanol–water partition coefficient (Wildman–Crippen LogP) is 2.57. The minimum atomic E-state index is -1.26. The molecule has 14 heteroatoms. The first-order valence-electron chi connectivity index (χ1n) is 14.8. The zero-order valence-corrected chi connectivity index (χ0v) is 27.0. The fourth-order valence-corrected chi connectivity index (χ4v) is 6.47. The van der Waals surface area contributed by atoms with Gasteiger partial charge < -0.3 is 44.4 Å². The van der Waals surface area contributed by atoms with Gasteiger partial charge in [0.05, 0.1) is 38.9 Å². The number of benzene rings is 2. The Kier molecular flexibility index (Phi) is 9.01. The predicted molar refractivity (Wildman–Crippen MR) is 164 cm³/mol. The van der Waals surface area contributed by atoms with Gasteiger partial charge in [-0.05, 0) is 60.2 Å². The van der Waals surface area contributed by atoms with Gasteiger partial charge in [0.15, 0.2) is 23.0 Å². The number of aliphatic hydroxyl groups is 2. The molecule has 6 N–H and O–H groups in total. The zero-order chi connectivity index (χ0) is 33.6. The molecule has 1 aliphatic carbocycles. The number of carbonyl (C=O) groups excluding carboxylic acids is 2. The van der Waals surface area contributed by atoms with E-state index in [1.54, 1.807) is 38.1 Å². The number of hydrogen-bond donors (Lipinski definition) is 6. The van der Waals surface area contributed by atoms with E-state index in [9.17, 15) is 25.0 Å². The lowest BCUT2D eigenvalue weighted by molar-refractivity contribution is -0.170. The van der Waals surface area contributed by atoms with Crippen LogP contribution in [-0.4, -0.2) is 79.2 Å². The number of amides is 3. The van der Waals surface area contributed by atoms with E-state index in [-0.39, 0.29) is 6.79 Å². The molecule has 0 saturated carbocycles. The van der Waals surface area contributed by atoms with Gasteiger partial charge in [-0.25, -0.2) is 10.2 Å². The fourth-order valence-electron chi connectivity index (χ4n) is 6.47. The summed E-state index contributed by atoms with van der Waals surface area (Å²) in [4.78, 5) is 27.2. The Hall–Kier alpha value is -4.24. The minimum Gasteiger partial charge on any atom is -0.493 e. The number of rotatable bonds is 7. The third kappa shape index (κ3) is 5.88. The van der Waals surface area contributed by atoms with Crippen molar-refractivity contribution < 1.29 is 48.7 Å². The number of carbonyl (C=O) groups is 2. The molecular weight excluding hydrogens is 600 g/mol. The number of fused-ring (bicyclic) bond motifs is 2. The van der Waals surface area contributed by atoms with Crippen LogP contribution in [0.1, 0.15) is 56.4 Å². The molecule has 0 saturated heterocycles. The van der Waals surface area contributed by atoms with E-state index in [1.807, 2.05) is 19.9 Å². The van der Waals surface area contributed by atoms with Crippen LogP contribution in [0.3, 0.4) is 0 Å². The second kappa shape index (κ2) is 12.5. The summed E-state index contributed by atoms with van der Waals surface area (Å²) in [6, 6.07) is 6.02. The van der Waals surface area contributed by atoms with Crippen molar-refractivity contribution in [2.45, 2.75) is 45.3 Å². The number of aliphatic hydroxyl groups excluding tert-OH is 2. The van der Waals surface area contributed by atoms with Gasteiger partial charge >= 0.3 is 6.03 Å². The molecule has 5 rings (SSSR count). The fraction of sp³-hybridized carbons (Fsp3) is 0.500. The molecule has 14 nitrogen and oxygen atoms in total. The van der Waals surface area contributed by atoms with E-state index in [4.69, 9.17) is 23.7 Å². The molecule has 250 valence electrons. The van der Waals surface area contributed by atoms with Crippen molar-refractivity contribution in [3.05, 3.63) is 52.7 Å². The summed E-state index contributed by atoms with van der Waals surface area (Å²) >= 11 is 0. The summed E-state index contributed by atoms with van der Waals surface area (Å²) in [7, 11) is 4.42. The van der Waals surface area contributed by atoms with Gasteiger partial charge in [0.1, 0.15) is 0 Å². The molecule has 46 heavy (non-hydrogen) atoms. The number of nitrogens with zero attached hydrogens (tertiary/aromatic N) is 1. The summed E-state index contributed by atoms with van der Waals surface area (Å²) in [5, 5.41) is 36.5. The molecule has 0 fully saturated rings. The Labute approximate surface area is 267 Å². The number of hydrogen-bond acceptors (Lipinski definition) is 11. The SMILES string of the molecule is COc1cc(C2c3cc4c(cc3[C@H](O)[C@@H](CO)[C@@H]2C(=O)NNC(=O)NC2=CC(C)(C)CN(O)C2(C)C)OCO4)cc(OC)c1OC. The van der Waals surface area contributed by atoms with Crippen molar-refractivity contribution in [3.8, 4) is 28.7 Å². The maximum absolute atomic E-state index is 14.1. The number of nitrogens with one attached hydrogen (secondary N) is 3. The summed E-state index contributed by atoms with van der Waals surface area (Å²) in [6.45, 7) is 7.16. The molecule has 2 aromatic rings. The quantitative estimate of drug-likeness (QED) is 0.245. The first-order chi connectivity index (χ1) is 21.8. The molecule has 0 aromatic heterocycles. The van der Waals surface area contributed by atoms with Crippen LogP contribution in [0, 0.1) is 17.3 Å². The molecule has 3 amide bonds. The third-order valence-electron chi connectivity index (χ3n) is 8.96. The van der Waals surface area contributed by atoms with E-state index >= 15 is 0 Å². The highest BCUT2D eigenvalue weighted by molar-refractivity contribution is 5.85. The standard InChI is InChI=1S/C32H42N4O10/c1-31(2)12-24(32(3,4)36(41)14-31)33-30(40)35-34-29(39)26-19(13-37)27(38)18-11-21-20(45-15-46-21)10-17(18)25(26)16-8-22(42-5)28(44-7)23(9-16)43-6/h8-12,19,25-27,37-38,41H,13-15H2,1-7H3,(H,34,39)(H2,33,35,40)/t19-,25?,26-,27-/m0/s1. The Morgan fingerprint density at radius 1 is 0.957 bits per heavy atom. The Morgan fingerprint density at radius 2 is 1.57 bits per heavy atom. The zero-order valence-electron chi connectivity index (χ0n) is 27.0. The van der Waals surface area contributed by atoms with Crippen molar-refractivity contribution in [2.75, 3.05) is 41.3 Å². The topological polar surface area (TPSA) is 180 Å². The largest absolute Gasteiger partial charge is 0.493 e. The van der Waals surface area contributed by atoms with E-state index in [0.29, 0.717) is 57.7 Å². The van der Waals surface area contributed by atoms with Crippen LogP contribution in [0.15, 0.2) is 36.0 Å². The minimum absolute atomic E-state index is 0.00594. The number of methoxy groups -OCH3 is 3. The van der Waals surface area contributed by atoms with Crippen LogP contribution in [0.4, 0.5) is 4.79 Å². The van der Waals surface area contributed by atoms with Gasteiger partial charge in [-0.1, -0.05) is 19.9 Å². The van der Waals surface area contributed by atoms with Gasteiger partial charge in [0.2, 0.25) is 18.4 Å². The lowest BCUT2D eigenvalue weighted by Crippen LogP contribution is -2.58. The van der Waals surface area contributed by atoms with Crippen LogP contribution in [0.5, 0.6) is 28.7 Å². The number of hydroxylamine groups is 2. The lowest BCUT2D eigenvalue weighted by Gasteiger charge is -2.44. The first kappa shape index (κ1) is 33.1. The highest BCUT2D eigenvalue weighted by Gasteiger charge is 2.48.